The molecule has 138 valence electrons. The summed E-state index contributed by atoms with van der Waals surface area (Å²) in [4.78, 5) is 18.6. The Morgan fingerprint density at radius 2 is 2.19 bits per heavy atom. The maximum atomic E-state index is 12.8. The van der Waals surface area contributed by atoms with Crippen LogP contribution in [0, 0.1) is 0 Å². The minimum atomic E-state index is -0.848. The topological polar surface area (TPSA) is 62.7 Å². The van der Waals surface area contributed by atoms with E-state index in [-0.39, 0.29) is 18.4 Å². The summed E-state index contributed by atoms with van der Waals surface area (Å²) in [5.74, 6) is 0.518. The van der Waals surface area contributed by atoms with Crippen LogP contribution >= 0.6 is 23.2 Å². The van der Waals surface area contributed by atoms with Gasteiger partial charge in [0.25, 0.3) is 0 Å². The first-order valence-electron chi connectivity index (χ1n) is 8.40. The first kappa shape index (κ1) is 19.0. The average Bonchev–Trinajstić information content (AvgIpc) is 3.14. The predicted octanol–water partition coefficient (Wildman–Crippen LogP) is 3.66. The lowest BCUT2D eigenvalue weighted by Crippen LogP contribution is -2.40. The third-order valence-electron chi connectivity index (χ3n) is 4.67. The number of ether oxygens (including phenoxy) is 1. The molecular formula is C19H20Cl2N2O3. The van der Waals surface area contributed by atoms with Crippen molar-refractivity contribution in [2.75, 3.05) is 13.7 Å². The molecule has 0 aliphatic carbocycles. The van der Waals surface area contributed by atoms with Gasteiger partial charge in [-0.25, -0.2) is 0 Å². The van der Waals surface area contributed by atoms with E-state index in [4.69, 9.17) is 27.9 Å². The third-order valence-corrected chi connectivity index (χ3v) is 5.41. The fourth-order valence-electron chi connectivity index (χ4n) is 3.37. The summed E-state index contributed by atoms with van der Waals surface area (Å²) in [6.07, 6.45) is 4.13. The van der Waals surface area contributed by atoms with Gasteiger partial charge in [-0.05, 0) is 36.6 Å². The highest BCUT2D eigenvalue weighted by Crippen LogP contribution is 2.34. The lowest BCUT2D eigenvalue weighted by atomic mass is 10.0. The molecule has 0 radical (unpaired) electrons. The lowest BCUT2D eigenvalue weighted by Gasteiger charge is -2.29. The number of aromatic nitrogens is 1. The quantitative estimate of drug-likeness (QED) is 0.840. The summed E-state index contributed by atoms with van der Waals surface area (Å²) in [5, 5.41) is 11.7. The van der Waals surface area contributed by atoms with Crippen LogP contribution < -0.4 is 4.74 Å². The zero-order valence-electron chi connectivity index (χ0n) is 14.4. The second-order valence-electron chi connectivity index (χ2n) is 6.28. The number of likely N-dealkylation sites (tertiary alicyclic amines) is 1. The molecule has 0 spiro atoms. The number of aliphatic hydroxyl groups excluding tert-OH is 1. The average molecular weight is 395 g/mol. The Labute approximate surface area is 162 Å². The van der Waals surface area contributed by atoms with Crippen molar-refractivity contribution in [3.05, 3.63) is 57.8 Å². The molecule has 1 fully saturated rings. The lowest BCUT2D eigenvalue weighted by molar-refractivity contribution is -0.133. The molecular weight excluding hydrogens is 375 g/mol. The Morgan fingerprint density at radius 3 is 2.92 bits per heavy atom. The summed E-state index contributed by atoms with van der Waals surface area (Å²) in [6, 6.07) is 6.58. The van der Waals surface area contributed by atoms with Crippen LogP contribution in [0.2, 0.25) is 10.0 Å². The van der Waals surface area contributed by atoms with Gasteiger partial charge in [-0.1, -0.05) is 29.3 Å². The van der Waals surface area contributed by atoms with Crippen molar-refractivity contribution in [2.45, 2.75) is 31.4 Å². The molecule has 0 saturated carbocycles. The number of halogens is 2. The zero-order valence-corrected chi connectivity index (χ0v) is 15.9. The monoisotopic (exact) mass is 394 g/mol. The number of amides is 1. The van der Waals surface area contributed by atoms with E-state index in [1.54, 1.807) is 48.7 Å². The molecule has 7 heteroatoms. The molecule has 5 nitrogen and oxygen atoms in total. The van der Waals surface area contributed by atoms with Gasteiger partial charge in [0.1, 0.15) is 11.9 Å². The SMILES string of the molecule is COc1ccncc1[C@H](O)[C@H]1CCCN1C(=O)Cc1ccc(Cl)c(Cl)c1. The van der Waals surface area contributed by atoms with Crippen molar-refractivity contribution in [3.63, 3.8) is 0 Å². The number of nitrogens with zero attached hydrogens (tertiary/aromatic N) is 2. The molecule has 2 heterocycles. The minimum absolute atomic E-state index is 0.0483. The number of carbonyl (C=O) groups excluding carboxylic acids is 1. The number of hydrogen-bond acceptors (Lipinski definition) is 4. The van der Waals surface area contributed by atoms with Crippen molar-refractivity contribution >= 4 is 29.1 Å². The van der Waals surface area contributed by atoms with Crippen LogP contribution in [0.1, 0.15) is 30.1 Å². The predicted molar refractivity (Wildman–Crippen MR) is 101 cm³/mol. The van der Waals surface area contributed by atoms with Crippen LogP contribution in [-0.2, 0) is 11.2 Å². The highest BCUT2D eigenvalue weighted by atomic mass is 35.5. The number of pyridine rings is 1. The molecule has 1 aliphatic heterocycles. The molecule has 1 aromatic carbocycles. The van der Waals surface area contributed by atoms with E-state index < -0.39 is 6.10 Å². The van der Waals surface area contributed by atoms with E-state index in [9.17, 15) is 9.90 Å². The van der Waals surface area contributed by atoms with Crippen molar-refractivity contribution in [1.82, 2.24) is 9.88 Å². The second kappa shape index (κ2) is 8.25. The van der Waals surface area contributed by atoms with Gasteiger partial charge in [0.15, 0.2) is 0 Å². The van der Waals surface area contributed by atoms with Crippen LogP contribution in [0.3, 0.4) is 0 Å². The van der Waals surface area contributed by atoms with Gasteiger partial charge < -0.3 is 14.7 Å². The van der Waals surface area contributed by atoms with Gasteiger partial charge in [0, 0.05) is 24.5 Å². The molecule has 1 saturated heterocycles. The van der Waals surface area contributed by atoms with Gasteiger partial charge >= 0.3 is 0 Å². The molecule has 2 atom stereocenters. The Morgan fingerprint density at radius 1 is 1.38 bits per heavy atom. The molecule has 1 amide bonds. The molecule has 1 aromatic heterocycles. The number of hydrogen-bond donors (Lipinski definition) is 1. The number of aliphatic hydroxyl groups is 1. The minimum Gasteiger partial charge on any atom is -0.496 e. The zero-order chi connectivity index (χ0) is 18.7. The van der Waals surface area contributed by atoms with Crippen LogP contribution in [-0.4, -0.2) is 40.6 Å². The van der Waals surface area contributed by atoms with Crippen molar-refractivity contribution in [1.29, 1.82) is 0 Å². The molecule has 1 aliphatic rings. The van der Waals surface area contributed by atoms with E-state index in [1.165, 1.54) is 0 Å². The van der Waals surface area contributed by atoms with Gasteiger partial charge in [0.05, 0.1) is 29.6 Å². The van der Waals surface area contributed by atoms with Crippen LogP contribution in [0.15, 0.2) is 36.7 Å². The number of carbonyl (C=O) groups is 1. The highest BCUT2D eigenvalue weighted by molar-refractivity contribution is 6.42. The molecule has 0 bridgehead atoms. The smallest absolute Gasteiger partial charge is 0.227 e. The van der Waals surface area contributed by atoms with Crippen molar-refractivity contribution in [3.8, 4) is 5.75 Å². The molecule has 3 rings (SSSR count). The first-order chi connectivity index (χ1) is 12.5. The van der Waals surface area contributed by atoms with Gasteiger partial charge in [0.2, 0.25) is 5.91 Å². The van der Waals surface area contributed by atoms with Crippen LogP contribution in [0.5, 0.6) is 5.75 Å². The van der Waals surface area contributed by atoms with E-state index in [2.05, 4.69) is 4.98 Å². The van der Waals surface area contributed by atoms with E-state index in [0.29, 0.717) is 27.9 Å². The number of benzene rings is 1. The Balaban J connectivity index is 1.76. The molecule has 26 heavy (non-hydrogen) atoms. The molecule has 2 aromatic rings. The summed E-state index contributed by atoms with van der Waals surface area (Å²) in [6.45, 7) is 0.616. The van der Waals surface area contributed by atoms with E-state index >= 15 is 0 Å². The van der Waals surface area contributed by atoms with Crippen LogP contribution in [0.25, 0.3) is 0 Å². The summed E-state index contributed by atoms with van der Waals surface area (Å²) in [5.41, 5.74) is 1.39. The maximum absolute atomic E-state index is 12.8. The standard InChI is InChI=1S/C19H20Cl2N2O3/c1-26-17-6-7-22-11-13(17)19(25)16-3-2-8-23(16)18(24)10-12-4-5-14(20)15(21)9-12/h4-7,9,11,16,19,25H,2-3,8,10H2,1H3/t16-,19+/m1/s1. The van der Waals surface area contributed by atoms with Gasteiger partial charge in [-0.2, -0.15) is 0 Å². The fourth-order valence-corrected chi connectivity index (χ4v) is 3.69. The Kier molecular flexibility index (Phi) is 6.01. The normalized spacial score (nSPS) is 18.0. The highest BCUT2D eigenvalue weighted by Gasteiger charge is 2.35. The molecule has 0 unspecified atom stereocenters. The van der Waals surface area contributed by atoms with Crippen molar-refractivity contribution < 1.29 is 14.6 Å². The van der Waals surface area contributed by atoms with E-state index in [0.717, 1.165) is 18.4 Å². The second-order valence-corrected chi connectivity index (χ2v) is 7.10. The summed E-state index contributed by atoms with van der Waals surface area (Å²) in [7, 11) is 1.55. The summed E-state index contributed by atoms with van der Waals surface area (Å²) >= 11 is 12.0. The fraction of sp³-hybridized carbons (Fsp3) is 0.368. The van der Waals surface area contributed by atoms with Gasteiger partial charge in [-0.3, -0.25) is 9.78 Å². The largest absolute Gasteiger partial charge is 0.496 e. The van der Waals surface area contributed by atoms with Gasteiger partial charge in [-0.15, -0.1) is 0 Å². The first-order valence-corrected chi connectivity index (χ1v) is 9.16. The van der Waals surface area contributed by atoms with E-state index in [1.807, 2.05) is 0 Å². The van der Waals surface area contributed by atoms with Crippen LogP contribution in [0.4, 0.5) is 0 Å². The number of methoxy groups -OCH3 is 1. The Bertz CT molecular complexity index is 800. The molecule has 1 N–H and O–H groups in total. The maximum Gasteiger partial charge on any atom is 0.227 e. The Hall–Kier alpha value is -1.82. The third kappa shape index (κ3) is 3.95. The van der Waals surface area contributed by atoms with Crippen molar-refractivity contribution in [2.24, 2.45) is 0 Å². The summed E-state index contributed by atoms with van der Waals surface area (Å²) < 4.78 is 5.31. The number of rotatable bonds is 5.